The van der Waals surface area contributed by atoms with E-state index in [1.54, 1.807) is 18.2 Å². The highest BCUT2D eigenvalue weighted by atomic mass is 19.1. The molecular weight excluding hydrogens is 273 g/mol. The van der Waals surface area contributed by atoms with Crippen LogP contribution in [0.15, 0.2) is 24.3 Å². The number of rotatable bonds is 6. The number of halogens is 1. The Balaban J connectivity index is 2.50. The molecule has 0 atom stereocenters. The summed E-state index contributed by atoms with van der Waals surface area (Å²) in [7, 11) is 0. The summed E-state index contributed by atoms with van der Waals surface area (Å²) in [6, 6.07) is 6.11. The van der Waals surface area contributed by atoms with Crippen LogP contribution in [0.25, 0.3) is 0 Å². The molecule has 1 aromatic rings. The number of amides is 3. The first kappa shape index (κ1) is 16.9. The van der Waals surface area contributed by atoms with Crippen LogP contribution in [0.5, 0.6) is 0 Å². The minimum atomic E-state index is -0.339. The van der Waals surface area contributed by atoms with Gasteiger partial charge in [0.25, 0.3) is 0 Å². The van der Waals surface area contributed by atoms with E-state index < -0.39 is 0 Å². The molecule has 0 heterocycles. The summed E-state index contributed by atoms with van der Waals surface area (Å²) in [6.45, 7) is 5.98. The van der Waals surface area contributed by atoms with Gasteiger partial charge < -0.3 is 15.5 Å². The van der Waals surface area contributed by atoms with Crippen LogP contribution in [0.1, 0.15) is 26.3 Å². The summed E-state index contributed by atoms with van der Waals surface area (Å²) in [5.41, 5.74) is 0.458. The number of carbonyl (C=O) groups excluding carboxylic acids is 2. The van der Waals surface area contributed by atoms with Crippen molar-refractivity contribution < 1.29 is 14.0 Å². The van der Waals surface area contributed by atoms with E-state index in [1.165, 1.54) is 17.9 Å². The van der Waals surface area contributed by atoms with Gasteiger partial charge in [-0.15, -0.1) is 0 Å². The van der Waals surface area contributed by atoms with Crippen molar-refractivity contribution in [3.05, 3.63) is 35.6 Å². The molecule has 0 radical (unpaired) electrons. The van der Waals surface area contributed by atoms with Crippen molar-refractivity contribution in [2.45, 2.75) is 33.4 Å². The Hall–Kier alpha value is -2.11. The number of carbonyl (C=O) groups is 2. The van der Waals surface area contributed by atoms with E-state index in [1.807, 2.05) is 13.8 Å². The quantitative estimate of drug-likeness (QED) is 0.842. The average molecular weight is 295 g/mol. The van der Waals surface area contributed by atoms with Crippen molar-refractivity contribution in [1.29, 1.82) is 0 Å². The fraction of sp³-hybridized carbons (Fsp3) is 0.467. The summed E-state index contributed by atoms with van der Waals surface area (Å²) in [5.74, 6) is -0.501. The van der Waals surface area contributed by atoms with Gasteiger partial charge in [0.15, 0.2) is 0 Å². The van der Waals surface area contributed by atoms with Crippen molar-refractivity contribution in [1.82, 2.24) is 15.5 Å². The van der Waals surface area contributed by atoms with Crippen molar-refractivity contribution >= 4 is 11.9 Å². The number of nitrogens with zero attached hydrogens (tertiary/aromatic N) is 1. The monoisotopic (exact) mass is 295 g/mol. The molecule has 2 N–H and O–H groups in total. The molecule has 0 aliphatic rings. The second-order valence-electron chi connectivity index (χ2n) is 5.09. The van der Waals surface area contributed by atoms with E-state index >= 15 is 0 Å². The molecular formula is C15H22FN3O2. The fourth-order valence-electron chi connectivity index (χ4n) is 1.80. The molecule has 0 aliphatic carbocycles. The lowest BCUT2D eigenvalue weighted by molar-refractivity contribution is -0.129. The van der Waals surface area contributed by atoms with Gasteiger partial charge >= 0.3 is 6.03 Å². The van der Waals surface area contributed by atoms with Crippen LogP contribution in [0.3, 0.4) is 0 Å². The van der Waals surface area contributed by atoms with E-state index in [2.05, 4.69) is 10.6 Å². The minimum Gasteiger partial charge on any atom is -0.337 e. The lowest BCUT2D eigenvalue weighted by atomic mass is 10.2. The van der Waals surface area contributed by atoms with Crippen molar-refractivity contribution in [3.63, 3.8) is 0 Å². The SMILES string of the molecule is CC(=O)N(CCNC(=O)NC(C)C)Cc1ccccc1F. The van der Waals surface area contributed by atoms with Crippen LogP contribution in [0, 0.1) is 5.82 Å². The summed E-state index contributed by atoms with van der Waals surface area (Å²) in [5, 5.41) is 5.35. The van der Waals surface area contributed by atoms with Crippen LogP contribution in [0.2, 0.25) is 0 Å². The molecule has 0 fully saturated rings. The third kappa shape index (κ3) is 6.25. The third-order valence-electron chi connectivity index (χ3n) is 2.85. The zero-order chi connectivity index (χ0) is 15.8. The molecule has 3 amide bonds. The Kier molecular flexibility index (Phi) is 6.65. The highest BCUT2D eigenvalue weighted by Gasteiger charge is 2.12. The predicted molar refractivity (Wildman–Crippen MR) is 79.2 cm³/mol. The highest BCUT2D eigenvalue weighted by molar-refractivity contribution is 5.75. The number of hydrogen-bond donors (Lipinski definition) is 2. The predicted octanol–water partition coefficient (Wildman–Crippen LogP) is 1.88. The maximum absolute atomic E-state index is 13.6. The van der Waals surface area contributed by atoms with Crippen molar-refractivity contribution in [2.75, 3.05) is 13.1 Å². The Bertz CT molecular complexity index is 492. The molecule has 5 nitrogen and oxygen atoms in total. The first-order valence-electron chi connectivity index (χ1n) is 6.93. The fourth-order valence-corrected chi connectivity index (χ4v) is 1.80. The van der Waals surface area contributed by atoms with Gasteiger partial charge in [0.2, 0.25) is 5.91 Å². The van der Waals surface area contributed by atoms with Gasteiger partial charge in [0, 0.05) is 38.2 Å². The lowest BCUT2D eigenvalue weighted by Gasteiger charge is -2.22. The molecule has 0 aromatic heterocycles. The summed E-state index contributed by atoms with van der Waals surface area (Å²) >= 11 is 0. The van der Waals surface area contributed by atoms with E-state index in [9.17, 15) is 14.0 Å². The molecule has 21 heavy (non-hydrogen) atoms. The van der Waals surface area contributed by atoms with Gasteiger partial charge in [-0.2, -0.15) is 0 Å². The Morgan fingerprint density at radius 2 is 1.95 bits per heavy atom. The van der Waals surface area contributed by atoms with Crippen LogP contribution in [0.4, 0.5) is 9.18 Å². The number of urea groups is 1. The topological polar surface area (TPSA) is 61.4 Å². The Morgan fingerprint density at radius 3 is 2.52 bits per heavy atom. The molecule has 0 spiro atoms. The van der Waals surface area contributed by atoms with Gasteiger partial charge in [0.1, 0.15) is 5.82 Å². The first-order chi connectivity index (χ1) is 9.90. The van der Waals surface area contributed by atoms with Gasteiger partial charge in [-0.25, -0.2) is 9.18 Å². The maximum atomic E-state index is 13.6. The molecule has 1 aromatic carbocycles. The second kappa shape index (κ2) is 8.24. The normalized spacial score (nSPS) is 10.3. The Labute approximate surface area is 124 Å². The number of nitrogens with one attached hydrogen (secondary N) is 2. The number of hydrogen-bond acceptors (Lipinski definition) is 2. The molecule has 1 rings (SSSR count). The second-order valence-corrected chi connectivity index (χ2v) is 5.09. The smallest absolute Gasteiger partial charge is 0.315 e. The largest absolute Gasteiger partial charge is 0.337 e. The van der Waals surface area contributed by atoms with Gasteiger partial charge in [-0.05, 0) is 19.9 Å². The zero-order valence-corrected chi connectivity index (χ0v) is 12.6. The molecule has 0 unspecified atom stereocenters. The third-order valence-corrected chi connectivity index (χ3v) is 2.85. The first-order valence-corrected chi connectivity index (χ1v) is 6.93. The average Bonchev–Trinajstić information content (AvgIpc) is 2.38. The van der Waals surface area contributed by atoms with E-state index in [-0.39, 0.29) is 30.3 Å². The van der Waals surface area contributed by atoms with Crippen molar-refractivity contribution in [3.8, 4) is 0 Å². The van der Waals surface area contributed by atoms with Crippen molar-refractivity contribution in [2.24, 2.45) is 0 Å². The van der Waals surface area contributed by atoms with Gasteiger partial charge in [0.05, 0.1) is 0 Å². The summed E-state index contributed by atoms with van der Waals surface area (Å²) in [4.78, 5) is 24.5. The Morgan fingerprint density at radius 1 is 1.29 bits per heavy atom. The highest BCUT2D eigenvalue weighted by Crippen LogP contribution is 2.09. The van der Waals surface area contributed by atoms with Gasteiger partial charge in [-0.3, -0.25) is 4.79 Å². The van der Waals surface area contributed by atoms with E-state index in [4.69, 9.17) is 0 Å². The van der Waals surface area contributed by atoms with Crippen LogP contribution in [-0.4, -0.2) is 36.0 Å². The van der Waals surface area contributed by atoms with E-state index in [0.717, 1.165) is 0 Å². The molecule has 6 heteroatoms. The molecule has 116 valence electrons. The number of benzene rings is 1. The molecule has 0 bridgehead atoms. The molecule has 0 saturated carbocycles. The van der Waals surface area contributed by atoms with Crippen LogP contribution < -0.4 is 10.6 Å². The summed E-state index contributed by atoms with van der Waals surface area (Å²) in [6.07, 6.45) is 0. The zero-order valence-electron chi connectivity index (χ0n) is 12.6. The van der Waals surface area contributed by atoms with Crippen LogP contribution in [-0.2, 0) is 11.3 Å². The standard InChI is InChI=1S/C15H22FN3O2/c1-11(2)18-15(21)17-8-9-19(12(3)20)10-13-6-4-5-7-14(13)16/h4-7,11H,8-10H2,1-3H3,(H2,17,18,21). The molecule has 0 aliphatic heterocycles. The van der Waals surface area contributed by atoms with E-state index in [0.29, 0.717) is 18.7 Å². The lowest BCUT2D eigenvalue weighted by Crippen LogP contribution is -2.43. The van der Waals surface area contributed by atoms with Gasteiger partial charge in [-0.1, -0.05) is 18.2 Å². The van der Waals surface area contributed by atoms with Crippen LogP contribution >= 0.6 is 0 Å². The minimum absolute atomic E-state index is 0.0484. The molecule has 0 saturated heterocycles. The summed E-state index contributed by atoms with van der Waals surface area (Å²) < 4.78 is 13.6. The maximum Gasteiger partial charge on any atom is 0.315 e.